The van der Waals surface area contributed by atoms with Crippen molar-refractivity contribution in [2.45, 2.75) is 31.8 Å². The molecule has 17 heavy (non-hydrogen) atoms. The minimum atomic E-state index is 0.299. The van der Waals surface area contributed by atoms with Crippen molar-refractivity contribution in [2.75, 3.05) is 0 Å². The van der Waals surface area contributed by atoms with Gasteiger partial charge in [-0.3, -0.25) is 10.3 Å². The van der Waals surface area contributed by atoms with Crippen molar-refractivity contribution in [1.29, 1.82) is 0 Å². The van der Waals surface area contributed by atoms with E-state index in [1.54, 1.807) is 11.3 Å². The average molecular weight is 245 g/mol. The lowest BCUT2D eigenvalue weighted by Gasteiger charge is -2.17. The molecule has 0 aliphatic heterocycles. The number of fused-ring (bicyclic) bond motifs is 1. The number of hydrogen-bond acceptors (Lipinski definition) is 4. The molecule has 2 atom stereocenters. The van der Waals surface area contributed by atoms with E-state index in [2.05, 4.69) is 28.3 Å². The third kappa shape index (κ3) is 2.10. The van der Waals surface area contributed by atoms with Crippen LogP contribution in [-0.4, -0.2) is 9.97 Å². The largest absolute Gasteiger partial charge is 0.300 e. The van der Waals surface area contributed by atoms with Crippen LogP contribution in [0.5, 0.6) is 0 Å². The summed E-state index contributed by atoms with van der Waals surface area (Å²) in [5, 5.41) is 6.79. The van der Waals surface area contributed by atoms with Gasteiger partial charge < -0.3 is 0 Å². The van der Waals surface area contributed by atoms with Crippen LogP contribution in [0.1, 0.15) is 41.7 Å². The second-order valence-electron chi connectivity index (χ2n) is 4.40. The lowest BCUT2D eigenvalue weighted by atomic mass is 10.2. The van der Waals surface area contributed by atoms with Gasteiger partial charge in [0.25, 0.3) is 0 Å². The van der Waals surface area contributed by atoms with Crippen LogP contribution in [0, 0.1) is 0 Å². The van der Waals surface area contributed by atoms with Crippen LogP contribution in [0.15, 0.2) is 29.9 Å². The Morgan fingerprint density at radius 1 is 1.41 bits per heavy atom. The number of rotatable bonds is 3. The minimum absolute atomic E-state index is 0.299. The van der Waals surface area contributed by atoms with E-state index >= 15 is 0 Å². The van der Waals surface area contributed by atoms with Gasteiger partial charge in [-0.15, -0.1) is 11.3 Å². The van der Waals surface area contributed by atoms with Gasteiger partial charge in [-0.05, 0) is 31.4 Å². The molecule has 2 unspecified atom stereocenters. The van der Waals surface area contributed by atoms with Crippen molar-refractivity contribution in [1.82, 2.24) is 15.3 Å². The maximum Gasteiger partial charge on any atom is 0.109 e. The molecule has 0 bridgehead atoms. The first kappa shape index (κ1) is 10.9. The summed E-state index contributed by atoms with van der Waals surface area (Å²) in [6.07, 6.45) is 6.01. The second kappa shape index (κ2) is 4.55. The van der Waals surface area contributed by atoms with E-state index in [1.165, 1.54) is 11.3 Å². The van der Waals surface area contributed by atoms with Crippen LogP contribution >= 0.6 is 11.3 Å². The Morgan fingerprint density at radius 2 is 2.35 bits per heavy atom. The first-order valence-corrected chi connectivity index (χ1v) is 6.82. The smallest absolute Gasteiger partial charge is 0.109 e. The highest BCUT2D eigenvalue weighted by molar-refractivity contribution is 7.09. The van der Waals surface area contributed by atoms with Crippen molar-refractivity contribution >= 4 is 11.3 Å². The summed E-state index contributed by atoms with van der Waals surface area (Å²) < 4.78 is 0. The van der Waals surface area contributed by atoms with E-state index in [-0.39, 0.29) is 0 Å². The van der Waals surface area contributed by atoms with Gasteiger partial charge in [0.1, 0.15) is 5.01 Å². The van der Waals surface area contributed by atoms with Gasteiger partial charge in [0.05, 0.1) is 17.8 Å². The van der Waals surface area contributed by atoms with Gasteiger partial charge in [0.15, 0.2) is 0 Å². The van der Waals surface area contributed by atoms with Crippen LogP contribution in [0.3, 0.4) is 0 Å². The van der Waals surface area contributed by atoms with E-state index in [4.69, 9.17) is 0 Å². The summed E-state index contributed by atoms with van der Waals surface area (Å²) in [6.45, 7) is 2.17. The molecule has 1 aliphatic carbocycles. The highest BCUT2D eigenvalue weighted by atomic mass is 32.1. The maximum atomic E-state index is 4.50. The fourth-order valence-corrected chi connectivity index (χ4v) is 3.05. The standard InChI is InChI=1S/C13H15N3S/c1-9(13-15-7-8-17-13)16-11-5-4-10-3-2-6-14-12(10)11/h2-3,6-9,11,16H,4-5H2,1H3. The third-order valence-electron chi connectivity index (χ3n) is 3.23. The van der Waals surface area contributed by atoms with Gasteiger partial charge in [0, 0.05) is 17.8 Å². The first-order valence-electron chi connectivity index (χ1n) is 5.94. The van der Waals surface area contributed by atoms with Crippen molar-refractivity contribution < 1.29 is 0 Å². The predicted molar refractivity (Wildman–Crippen MR) is 69.0 cm³/mol. The number of nitrogens with one attached hydrogen (secondary N) is 1. The van der Waals surface area contributed by atoms with Gasteiger partial charge >= 0.3 is 0 Å². The van der Waals surface area contributed by atoms with Gasteiger partial charge in [-0.1, -0.05) is 6.07 Å². The fourth-order valence-electron chi connectivity index (χ4n) is 2.40. The minimum Gasteiger partial charge on any atom is -0.300 e. The zero-order chi connectivity index (χ0) is 11.7. The van der Waals surface area contributed by atoms with Crippen molar-refractivity contribution in [3.63, 3.8) is 0 Å². The number of aromatic nitrogens is 2. The van der Waals surface area contributed by atoms with E-state index < -0.39 is 0 Å². The Balaban J connectivity index is 1.75. The molecule has 0 saturated heterocycles. The molecule has 1 N–H and O–H groups in total. The van der Waals surface area contributed by atoms with E-state index in [1.807, 2.05) is 23.8 Å². The molecule has 0 radical (unpaired) electrons. The summed E-state index contributed by atoms with van der Waals surface area (Å²) in [5.41, 5.74) is 2.60. The highest BCUT2D eigenvalue weighted by Crippen LogP contribution is 2.31. The summed E-state index contributed by atoms with van der Waals surface area (Å²) >= 11 is 1.70. The van der Waals surface area contributed by atoms with Crippen molar-refractivity contribution in [3.8, 4) is 0 Å². The van der Waals surface area contributed by atoms with E-state index in [0.29, 0.717) is 12.1 Å². The zero-order valence-corrected chi connectivity index (χ0v) is 10.6. The van der Waals surface area contributed by atoms with Crippen LogP contribution in [0.4, 0.5) is 0 Å². The van der Waals surface area contributed by atoms with E-state index in [9.17, 15) is 0 Å². The zero-order valence-electron chi connectivity index (χ0n) is 9.76. The number of nitrogens with zero attached hydrogens (tertiary/aromatic N) is 2. The molecule has 2 aromatic rings. The third-order valence-corrected chi connectivity index (χ3v) is 4.19. The van der Waals surface area contributed by atoms with Gasteiger partial charge in [-0.2, -0.15) is 0 Å². The predicted octanol–water partition coefficient (Wildman–Crippen LogP) is 2.88. The maximum absolute atomic E-state index is 4.50. The number of pyridine rings is 1. The molecule has 88 valence electrons. The number of aryl methyl sites for hydroxylation is 1. The molecule has 1 aliphatic rings. The quantitative estimate of drug-likeness (QED) is 0.903. The highest BCUT2D eigenvalue weighted by Gasteiger charge is 2.25. The molecule has 3 rings (SSSR count). The molecule has 0 amide bonds. The van der Waals surface area contributed by atoms with Crippen LogP contribution in [0.25, 0.3) is 0 Å². The Bertz CT molecular complexity index is 495. The summed E-state index contributed by atoms with van der Waals surface area (Å²) in [7, 11) is 0. The molecule has 0 aromatic carbocycles. The Morgan fingerprint density at radius 3 is 3.18 bits per heavy atom. The molecule has 0 spiro atoms. The van der Waals surface area contributed by atoms with Gasteiger partial charge in [-0.25, -0.2) is 4.98 Å². The fraction of sp³-hybridized carbons (Fsp3) is 0.385. The molecular formula is C13H15N3S. The van der Waals surface area contributed by atoms with E-state index in [0.717, 1.165) is 17.8 Å². The molecule has 2 aromatic heterocycles. The Labute approximate surface area is 105 Å². The number of hydrogen-bond donors (Lipinski definition) is 1. The summed E-state index contributed by atoms with van der Waals surface area (Å²) in [4.78, 5) is 8.85. The lowest BCUT2D eigenvalue weighted by Crippen LogP contribution is -2.23. The summed E-state index contributed by atoms with van der Waals surface area (Å²) in [6, 6.07) is 4.88. The monoisotopic (exact) mass is 245 g/mol. The topological polar surface area (TPSA) is 37.8 Å². The molecule has 4 heteroatoms. The Hall–Kier alpha value is -1.26. The normalized spacial score (nSPS) is 20.2. The van der Waals surface area contributed by atoms with Crippen LogP contribution < -0.4 is 5.32 Å². The van der Waals surface area contributed by atoms with Crippen molar-refractivity contribution in [3.05, 3.63) is 46.2 Å². The van der Waals surface area contributed by atoms with Crippen molar-refractivity contribution in [2.24, 2.45) is 0 Å². The van der Waals surface area contributed by atoms with Crippen LogP contribution in [-0.2, 0) is 6.42 Å². The molecule has 2 heterocycles. The average Bonchev–Trinajstić information content (AvgIpc) is 2.98. The molecular weight excluding hydrogens is 230 g/mol. The summed E-state index contributed by atoms with van der Waals surface area (Å²) in [5.74, 6) is 0. The second-order valence-corrected chi connectivity index (χ2v) is 5.32. The van der Waals surface area contributed by atoms with Crippen LogP contribution in [0.2, 0.25) is 0 Å². The van der Waals surface area contributed by atoms with Gasteiger partial charge in [0.2, 0.25) is 0 Å². The molecule has 0 saturated carbocycles. The molecule has 0 fully saturated rings. The first-order chi connectivity index (χ1) is 8.34. The Kier molecular flexibility index (Phi) is 2.91. The SMILES string of the molecule is CC(NC1CCc2cccnc21)c1nccs1. The molecule has 3 nitrogen and oxygen atoms in total. The lowest BCUT2D eigenvalue weighted by molar-refractivity contribution is 0.457. The number of thiazole rings is 1.